The topological polar surface area (TPSA) is 98.5 Å². The molecule has 0 unspecified atom stereocenters. The number of carbonyl (C=O) groups is 2. The van der Waals surface area contributed by atoms with Crippen LogP contribution >= 0.6 is 0 Å². The molecule has 0 saturated heterocycles. The number of amides is 1. The van der Waals surface area contributed by atoms with Crippen LogP contribution in [0.3, 0.4) is 0 Å². The van der Waals surface area contributed by atoms with Crippen molar-refractivity contribution in [3.8, 4) is 0 Å². The van der Waals surface area contributed by atoms with Gasteiger partial charge in [0.05, 0.1) is 10.5 Å². The first-order chi connectivity index (χ1) is 13.0. The number of esters is 1. The lowest BCUT2D eigenvalue weighted by molar-refractivity contribution is -0.384. The molecular weight excluding hydrogens is 348 g/mol. The highest BCUT2D eigenvalue weighted by molar-refractivity contribution is 5.97. The maximum Gasteiger partial charge on any atom is 0.338 e. The molecule has 0 aromatic heterocycles. The molecule has 1 N–H and O–H groups in total. The number of anilines is 1. The van der Waals surface area contributed by atoms with Crippen LogP contribution in [0.25, 0.3) is 0 Å². The lowest BCUT2D eigenvalue weighted by Gasteiger charge is -2.16. The smallest absolute Gasteiger partial charge is 0.338 e. The molecule has 7 heteroatoms. The van der Waals surface area contributed by atoms with Crippen molar-refractivity contribution in [1.82, 2.24) is 0 Å². The molecule has 0 heterocycles. The van der Waals surface area contributed by atoms with E-state index in [-0.39, 0.29) is 11.4 Å². The summed E-state index contributed by atoms with van der Waals surface area (Å²) in [7, 11) is 0. The van der Waals surface area contributed by atoms with Crippen LogP contribution in [0.15, 0.2) is 36.4 Å². The van der Waals surface area contributed by atoms with Gasteiger partial charge in [0, 0.05) is 6.07 Å². The van der Waals surface area contributed by atoms with Crippen LogP contribution in [-0.2, 0) is 22.4 Å². The zero-order chi connectivity index (χ0) is 19.4. The van der Waals surface area contributed by atoms with E-state index in [4.69, 9.17) is 4.74 Å². The Labute approximate surface area is 156 Å². The molecule has 27 heavy (non-hydrogen) atoms. The highest BCUT2D eigenvalue weighted by atomic mass is 16.6. The van der Waals surface area contributed by atoms with E-state index in [9.17, 15) is 19.7 Å². The van der Waals surface area contributed by atoms with E-state index in [1.54, 1.807) is 25.1 Å². The zero-order valence-electron chi connectivity index (χ0n) is 15.0. The molecule has 1 aliphatic carbocycles. The summed E-state index contributed by atoms with van der Waals surface area (Å²) in [5.41, 5.74) is 3.27. The zero-order valence-corrected chi connectivity index (χ0v) is 15.0. The Morgan fingerprint density at radius 2 is 1.89 bits per heavy atom. The second-order valence-electron chi connectivity index (χ2n) is 6.54. The van der Waals surface area contributed by atoms with Gasteiger partial charge in [-0.3, -0.25) is 14.9 Å². The number of nitro benzene ring substituents is 1. The van der Waals surface area contributed by atoms with Crippen LogP contribution < -0.4 is 5.32 Å². The first-order valence-corrected chi connectivity index (χ1v) is 8.78. The average molecular weight is 368 g/mol. The van der Waals surface area contributed by atoms with E-state index in [0.717, 1.165) is 31.2 Å². The van der Waals surface area contributed by atoms with Crippen LogP contribution in [0.5, 0.6) is 0 Å². The molecule has 2 aromatic rings. The molecule has 0 bridgehead atoms. The van der Waals surface area contributed by atoms with Crippen LogP contribution in [0.2, 0.25) is 0 Å². The molecule has 2 aromatic carbocycles. The van der Waals surface area contributed by atoms with Gasteiger partial charge >= 0.3 is 5.97 Å². The number of aryl methyl sites for hydroxylation is 3. The van der Waals surface area contributed by atoms with Gasteiger partial charge in [-0.2, -0.15) is 0 Å². The third kappa shape index (κ3) is 4.31. The lowest BCUT2D eigenvalue weighted by atomic mass is 9.90. The molecule has 0 saturated carbocycles. The minimum Gasteiger partial charge on any atom is -0.452 e. The molecule has 0 aliphatic heterocycles. The fourth-order valence-electron chi connectivity index (χ4n) is 3.22. The van der Waals surface area contributed by atoms with Crippen molar-refractivity contribution in [2.75, 3.05) is 11.9 Å². The van der Waals surface area contributed by atoms with Crippen LogP contribution in [-0.4, -0.2) is 23.4 Å². The van der Waals surface area contributed by atoms with Gasteiger partial charge in [0.2, 0.25) is 0 Å². The molecule has 0 radical (unpaired) electrons. The molecule has 0 fully saturated rings. The molecule has 0 atom stereocenters. The molecular formula is C20H20N2O5. The summed E-state index contributed by atoms with van der Waals surface area (Å²) in [6.07, 6.45) is 4.21. The summed E-state index contributed by atoms with van der Waals surface area (Å²) >= 11 is 0. The Morgan fingerprint density at radius 3 is 2.63 bits per heavy atom. The van der Waals surface area contributed by atoms with E-state index in [0.29, 0.717) is 11.1 Å². The van der Waals surface area contributed by atoms with Gasteiger partial charge in [0.1, 0.15) is 5.69 Å². The first kappa shape index (κ1) is 18.6. The van der Waals surface area contributed by atoms with Crippen LogP contribution in [0.1, 0.15) is 39.9 Å². The highest BCUT2D eigenvalue weighted by Crippen LogP contribution is 2.27. The van der Waals surface area contributed by atoms with Gasteiger partial charge in [-0.1, -0.05) is 18.2 Å². The van der Waals surface area contributed by atoms with Crippen molar-refractivity contribution >= 4 is 23.3 Å². The number of para-hydroxylation sites is 1. The van der Waals surface area contributed by atoms with E-state index in [1.165, 1.54) is 11.6 Å². The highest BCUT2D eigenvalue weighted by Gasteiger charge is 2.19. The largest absolute Gasteiger partial charge is 0.452 e. The number of ether oxygens (including phenoxy) is 1. The van der Waals surface area contributed by atoms with Gasteiger partial charge < -0.3 is 10.1 Å². The van der Waals surface area contributed by atoms with Crippen molar-refractivity contribution in [3.63, 3.8) is 0 Å². The third-order valence-corrected chi connectivity index (χ3v) is 4.63. The van der Waals surface area contributed by atoms with Gasteiger partial charge in [0.15, 0.2) is 6.61 Å². The van der Waals surface area contributed by atoms with Crippen molar-refractivity contribution in [1.29, 1.82) is 0 Å². The number of nitrogens with one attached hydrogen (secondary N) is 1. The molecule has 1 amide bonds. The lowest BCUT2D eigenvalue weighted by Crippen LogP contribution is -2.22. The van der Waals surface area contributed by atoms with Crippen molar-refractivity contribution in [2.24, 2.45) is 0 Å². The summed E-state index contributed by atoms with van der Waals surface area (Å²) in [5.74, 6) is -1.21. The predicted octanol–water partition coefficient (Wildman–Crippen LogP) is 3.58. The van der Waals surface area contributed by atoms with Crippen LogP contribution in [0.4, 0.5) is 11.4 Å². The summed E-state index contributed by atoms with van der Waals surface area (Å²) in [6, 6.07) is 9.96. The maximum atomic E-state index is 12.2. The second kappa shape index (κ2) is 7.99. The Bertz CT molecular complexity index is 907. The van der Waals surface area contributed by atoms with Crippen molar-refractivity contribution in [3.05, 3.63) is 68.8 Å². The van der Waals surface area contributed by atoms with Crippen molar-refractivity contribution < 1.29 is 19.2 Å². The standard InChI is InChI=1S/C20H20N2O5/c1-13-5-4-8-17(22(25)26)19(13)21-18(23)12-27-20(24)16-10-9-14-6-2-3-7-15(14)11-16/h4-5,8-11H,2-3,6-7,12H2,1H3,(H,21,23). The minimum atomic E-state index is -0.626. The summed E-state index contributed by atoms with van der Waals surface area (Å²) in [5, 5.41) is 13.6. The predicted molar refractivity (Wildman–Crippen MR) is 99.8 cm³/mol. The number of fused-ring (bicyclic) bond motifs is 1. The van der Waals surface area contributed by atoms with E-state index >= 15 is 0 Å². The van der Waals surface area contributed by atoms with Gasteiger partial charge in [-0.05, 0) is 61.4 Å². The molecule has 1 aliphatic rings. The van der Waals surface area contributed by atoms with Gasteiger partial charge in [-0.15, -0.1) is 0 Å². The summed E-state index contributed by atoms with van der Waals surface area (Å²) in [4.78, 5) is 34.8. The summed E-state index contributed by atoms with van der Waals surface area (Å²) in [6.45, 7) is 1.14. The SMILES string of the molecule is Cc1cccc([N+](=O)[O-])c1NC(=O)COC(=O)c1ccc2c(c1)CCCC2. The molecule has 140 valence electrons. The Morgan fingerprint density at radius 1 is 1.15 bits per heavy atom. The fraction of sp³-hybridized carbons (Fsp3) is 0.300. The Kier molecular flexibility index (Phi) is 5.49. The monoisotopic (exact) mass is 368 g/mol. The quantitative estimate of drug-likeness (QED) is 0.494. The number of rotatable bonds is 5. The fourth-order valence-corrected chi connectivity index (χ4v) is 3.22. The number of nitrogens with zero attached hydrogens (tertiary/aromatic N) is 1. The molecule has 3 rings (SSSR count). The maximum absolute atomic E-state index is 12.2. The van der Waals surface area contributed by atoms with E-state index in [1.807, 2.05) is 12.1 Å². The Balaban J connectivity index is 1.63. The number of hydrogen-bond donors (Lipinski definition) is 1. The average Bonchev–Trinajstić information content (AvgIpc) is 2.67. The van der Waals surface area contributed by atoms with E-state index < -0.39 is 23.4 Å². The van der Waals surface area contributed by atoms with E-state index in [2.05, 4.69) is 5.32 Å². The normalized spacial score (nSPS) is 12.8. The number of carbonyl (C=O) groups excluding carboxylic acids is 2. The number of nitro groups is 1. The Hall–Kier alpha value is -3.22. The molecule has 0 spiro atoms. The summed E-state index contributed by atoms with van der Waals surface area (Å²) < 4.78 is 5.07. The second-order valence-corrected chi connectivity index (χ2v) is 6.54. The van der Waals surface area contributed by atoms with Gasteiger partial charge in [-0.25, -0.2) is 4.79 Å². The first-order valence-electron chi connectivity index (χ1n) is 8.78. The van der Waals surface area contributed by atoms with Crippen LogP contribution in [0, 0.1) is 17.0 Å². The number of hydrogen-bond acceptors (Lipinski definition) is 5. The number of benzene rings is 2. The minimum absolute atomic E-state index is 0.109. The van der Waals surface area contributed by atoms with Crippen molar-refractivity contribution in [2.45, 2.75) is 32.6 Å². The molecule has 7 nitrogen and oxygen atoms in total. The third-order valence-electron chi connectivity index (χ3n) is 4.63. The van der Waals surface area contributed by atoms with Gasteiger partial charge in [0.25, 0.3) is 11.6 Å².